The summed E-state index contributed by atoms with van der Waals surface area (Å²) in [5.41, 5.74) is 4.43. The van der Waals surface area contributed by atoms with Crippen LogP contribution in [-0.2, 0) is 17.6 Å². The second kappa shape index (κ2) is 8.63. The Hall–Kier alpha value is -2.65. The van der Waals surface area contributed by atoms with Crippen LogP contribution in [0.25, 0.3) is 0 Å². The van der Waals surface area contributed by atoms with E-state index >= 15 is 0 Å². The number of nitrogens with one attached hydrogen (secondary N) is 2. The fraction of sp³-hybridized carbons (Fsp3) is 0.450. The molecule has 0 saturated carbocycles. The Labute approximate surface area is 154 Å². The zero-order valence-electron chi connectivity index (χ0n) is 15.4. The molecule has 0 unspecified atom stereocenters. The summed E-state index contributed by atoms with van der Waals surface area (Å²) >= 11 is 0. The Balaban J connectivity index is 1.74. The molecule has 1 aliphatic heterocycles. The maximum absolute atomic E-state index is 9.58. The number of rotatable bonds is 6. The predicted molar refractivity (Wildman–Crippen MR) is 103 cm³/mol. The molecular weight excluding hydrogens is 326 g/mol. The Bertz CT molecular complexity index is 776. The maximum Gasteiger partial charge on any atom is 0.171 e. The first kappa shape index (κ1) is 18.2. The lowest BCUT2D eigenvalue weighted by atomic mass is 10.0. The molecule has 0 bridgehead atoms. The fourth-order valence-corrected chi connectivity index (χ4v) is 3.24. The molecule has 1 saturated heterocycles. The van der Waals surface area contributed by atoms with Crippen molar-refractivity contribution in [1.82, 2.24) is 10.2 Å². The van der Waals surface area contributed by atoms with Crippen molar-refractivity contribution in [2.75, 3.05) is 23.8 Å². The quantitative estimate of drug-likeness (QED) is 0.823. The minimum atomic E-state index is 0.465. The van der Waals surface area contributed by atoms with Crippen LogP contribution in [0.1, 0.15) is 43.5 Å². The third-order valence-corrected chi connectivity index (χ3v) is 4.70. The highest BCUT2D eigenvalue weighted by molar-refractivity contribution is 5.66. The smallest absolute Gasteiger partial charge is 0.171 e. The zero-order valence-corrected chi connectivity index (χ0v) is 15.4. The van der Waals surface area contributed by atoms with E-state index in [1.54, 1.807) is 0 Å². The average molecular weight is 351 g/mol. The molecule has 2 heterocycles. The molecule has 1 aromatic heterocycles. The van der Waals surface area contributed by atoms with Gasteiger partial charge in [0, 0.05) is 30.6 Å². The highest BCUT2D eigenvalue weighted by Gasteiger charge is 2.15. The van der Waals surface area contributed by atoms with E-state index in [9.17, 15) is 5.26 Å². The summed E-state index contributed by atoms with van der Waals surface area (Å²) in [6.07, 6.45) is 3.61. The molecule has 0 radical (unpaired) electrons. The molecular formula is C20H25N5O. The molecule has 2 N–H and O–H groups in total. The van der Waals surface area contributed by atoms with Gasteiger partial charge >= 0.3 is 0 Å². The van der Waals surface area contributed by atoms with Gasteiger partial charge in [-0.2, -0.15) is 10.4 Å². The lowest BCUT2D eigenvalue weighted by molar-refractivity contribution is 0.0904. The minimum Gasteiger partial charge on any atom is -0.382 e. The Kier molecular flexibility index (Phi) is 6.03. The van der Waals surface area contributed by atoms with Gasteiger partial charge in [-0.05, 0) is 55.5 Å². The van der Waals surface area contributed by atoms with Crippen LogP contribution in [0.5, 0.6) is 0 Å². The van der Waals surface area contributed by atoms with Crippen LogP contribution in [0, 0.1) is 11.3 Å². The number of anilines is 3. The van der Waals surface area contributed by atoms with Crippen molar-refractivity contribution in [3.8, 4) is 6.07 Å². The van der Waals surface area contributed by atoms with Crippen molar-refractivity contribution < 1.29 is 4.74 Å². The van der Waals surface area contributed by atoms with Crippen LogP contribution < -0.4 is 10.6 Å². The van der Waals surface area contributed by atoms with Crippen molar-refractivity contribution in [2.45, 2.75) is 45.6 Å². The monoisotopic (exact) mass is 351 g/mol. The number of aryl methyl sites for hydroxylation is 1. The molecule has 136 valence electrons. The fourth-order valence-electron chi connectivity index (χ4n) is 3.24. The van der Waals surface area contributed by atoms with Crippen LogP contribution in [0.4, 0.5) is 17.2 Å². The molecule has 0 spiro atoms. The molecule has 1 aliphatic rings. The molecule has 3 rings (SSSR count). The summed E-state index contributed by atoms with van der Waals surface area (Å²) in [6.45, 7) is 5.71. The van der Waals surface area contributed by atoms with Crippen molar-refractivity contribution in [3.05, 3.63) is 41.1 Å². The minimum absolute atomic E-state index is 0.465. The zero-order chi connectivity index (χ0) is 18.4. The SMILES string of the molecule is CCc1nnc(Nc2ccc(NC3CCOCC3)cc2)c(C#N)c1CC. The lowest BCUT2D eigenvalue weighted by Gasteiger charge is -2.24. The number of aromatic nitrogens is 2. The molecule has 0 aliphatic carbocycles. The van der Waals surface area contributed by atoms with Gasteiger partial charge < -0.3 is 15.4 Å². The first-order chi connectivity index (χ1) is 12.7. The van der Waals surface area contributed by atoms with Gasteiger partial charge in [0.05, 0.1) is 5.69 Å². The number of hydrogen-bond donors (Lipinski definition) is 2. The molecule has 1 fully saturated rings. The van der Waals surface area contributed by atoms with E-state index in [-0.39, 0.29) is 0 Å². The first-order valence-electron chi connectivity index (χ1n) is 9.25. The average Bonchev–Trinajstić information content (AvgIpc) is 2.69. The second-order valence-corrected chi connectivity index (χ2v) is 6.40. The van der Waals surface area contributed by atoms with Crippen LogP contribution in [-0.4, -0.2) is 29.5 Å². The van der Waals surface area contributed by atoms with E-state index in [1.165, 1.54) is 0 Å². The molecule has 0 amide bonds. The Morgan fingerprint density at radius 1 is 1.08 bits per heavy atom. The molecule has 1 aromatic carbocycles. The highest BCUT2D eigenvalue weighted by atomic mass is 16.5. The van der Waals surface area contributed by atoms with Gasteiger partial charge in [-0.1, -0.05) is 13.8 Å². The third-order valence-electron chi connectivity index (χ3n) is 4.70. The van der Waals surface area contributed by atoms with E-state index in [0.29, 0.717) is 17.4 Å². The Morgan fingerprint density at radius 3 is 2.38 bits per heavy atom. The lowest BCUT2D eigenvalue weighted by Crippen LogP contribution is -2.27. The van der Waals surface area contributed by atoms with Crippen molar-refractivity contribution in [2.24, 2.45) is 0 Å². The van der Waals surface area contributed by atoms with Gasteiger partial charge in [-0.25, -0.2) is 0 Å². The van der Waals surface area contributed by atoms with E-state index in [2.05, 4.69) is 26.9 Å². The van der Waals surface area contributed by atoms with Crippen LogP contribution >= 0.6 is 0 Å². The van der Waals surface area contributed by atoms with Crippen LogP contribution in [0.15, 0.2) is 24.3 Å². The third kappa shape index (κ3) is 4.12. The largest absolute Gasteiger partial charge is 0.382 e. The van der Waals surface area contributed by atoms with Gasteiger partial charge in [0.25, 0.3) is 0 Å². The maximum atomic E-state index is 9.58. The molecule has 6 heteroatoms. The van der Waals surface area contributed by atoms with Gasteiger partial charge in [0.15, 0.2) is 5.82 Å². The van der Waals surface area contributed by atoms with Gasteiger partial charge in [-0.3, -0.25) is 0 Å². The number of ether oxygens (including phenoxy) is 1. The van der Waals surface area contributed by atoms with E-state index < -0.39 is 0 Å². The standard InChI is InChI=1S/C20H25N5O/c1-3-17-18(13-21)20(25-24-19(17)4-2)23-15-7-5-14(6-8-15)22-16-9-11-26-12-10-16/h5-8,16,22H,3-4,9-12H2,1-2H3,(H,23,25). The van der Waals surface area contributed by atoms with Crippen molar-refractivity contribution >= 4 is 17.2 Å². The summed E-state index contributed by atoms with van der Waals surface area (Å²) in [7, 11) is 0. The molecule has 0 atom stereocenters. The number of nitriles is 1. The van der Waals surface area contributed by atoms with E-state index in [0.717, 1.165) is 61.5 Å². The van der Waals surface area contributed by atoms with Crippen LogP contribution in [0.3, 0.4) is 0 Å². The van der Waals surface area contributed by atoms with Crippen molar-refractivity contribution in [3.63, 3.8) is 0 Å². The number of hydrogen-bond acceptors (Lipinski definition) is 6. The van der Waals surface area contributed by atoms with Gasteiger partial charge in [0.1, 0.15) is 11.6 Å². The van der Waals surface area contributed by atoms with E-state index in [1.807, 2.05) is 38.1 Å². The van der Waals surface area contributed by atoms with Crippen molar-refractivity contribution in [1.29, 1.82) is 5.26 Å². The van der Waals surface area contributed by atoms with Gasteiger partial charge in [0.2, 0.25) is 0 Å². The number of nitrogens with zero attached hydrogens (tertiary/aromatic N) is 3. The molecule has 2 aromatic rings. The van der Waals surface area contributed by atoms with E-state index in [4.69, 9.17) is 4.74 Å². The Morgan fingerprint density at radius 2 is 1.77 bits per heavy atom. The summed E-state index contributed by atoms with van der Waals surface area (Å²) in [4.78, 5) is 0. The number of benzene rings is 1. The molecule has 6 nitrogen and oxygen atoms in total. The first-order valence-corrected chi connectivity index (χ1v) is 9.25. The highest BCUT2D eigenvalue weighted by Crippen LogP contribution is 2.24. The topological polar surface area (TPSA) is 82.9 Å². The second-order valence-electron chi connectivity index (χ2n) is 6.40. The summed E-state index contributed by atoms with van der Waals surface area (Å²) < 4.78 is 5.39. The normalized spacial score (nSPS) is 14.7. The summed E-state index contributed by atoms with van der Waals surface area (Å²) in [6, 6.07) is 10.8. The summed E-state index contributed by atoms with van der Waals surface area (Å²) in [5, 5.41) is 24.9. The summed E-state index contributed by atoms with van der Waals surface area (Å²) in [5.74, 6) is 0.520. The van der Waals surface area contributed by atoms with Gasteiger partial charge in [-0.15, -0.1) is 5.10 Å². The predicted octanol–water partition coefficient (Wildman–Crippen LogP) is 3.81. The molecule has 26 heavy (non-hydrogen) atoms. The van der Waals surface area contributed by atoms with Crippen LogP contribution in [0.2, 0.25) is 0 Å².